The Hall–Kier alpha value is -3.12. The van der Waals surface area contributed by atoms with Gasteiger partial charge in [0.15, 0.2) is 0 Å². The first kappa shape index (κ1) is 14.9. The zero-order chi connectivity index (χ0) is 18.9. The van der Waals surface area contributed by atoms with E-state index in [2.05, 4.69) is 76.2 Å². The van der Waals surface area contributed by atoms with Crippen LogP contribution < -0.4 is 0 Å². The van der Waals surface area contributed by atoms with Gasteiger partial charge in [-0.25, -0.2) is 0 Å². The van der Waals surface area contributed by atoms with Gasteiger partial charge in [-0.05, 0) is 115 Å². The standard InChI is InChI=1S/C28H20/c1-13-14(2)18-6-10-22-24-12-8-20-16(4)15(3)19-7-11-23(28(24)26(19)20)21-9-5-17(13)25(18)27(21)22/h5-12H,1-4H3. The molecule has 0 radical (unpaired) electrons. The fraction of sp³-hybridized carbons (Fsp3) is 0.143. The lowest BCUT2D eigenvalue weighted by molar-refractivity contribution is 1.65. The van der Waals surface area contributed by atoms with Crippen LogP contribution in [0.4, 0.5) is 0 Å². The van der Waals surface area contributed by atoms with E-state index in [-0.39, 0.29) is 0 Å². The lowest BCUT2D eigenvalue weighted by Crippen LogP contribution is -1.91. The number of rotatable bonds is 0. The van der Waals surface area contributed by atoms with E-state index in [0.717, 1.165) is 0 Å². The Kier molecular flexibility index (Phi) is 2.38. The summed E-state index contributed by atoms with van der Waals surface area (Å²) >= 11 is 0. The second-order valence-electron chi connectivity index (χ2n) is 8.64. The quantitative estimate of drug-likeness (QED) is 0.193. The summed E-state index contributed by atoms with van der Waals surface area (Å²) in [6.45, 7) is 9.06. The molecule has 0 bridgehead atoms. The number of benzene rings is 5. The summed E-state index contributed by atoms with van der Waals surface area (Å²) < 4.78 is 0. The molecule has 5 aromatic rings. The van der Waals surface area contributed by atoms with Gasteiger partial charge in [0.05, 0.1) is 0 Å². The van der Waals surface area contributed by atoms with Gasteiger partial charge in [0.25, 0.3) is 0 Å². The summed E-state index contributed by atoms with van der Waals surface area (Å²) in [4.78, 5) is 0. The van der Waals surface area contributed by atoms with Crippen LogP contribution in [0.1, 0.15) is 49.9 Å². The van der Waals surface area contributed by atoms with Gasteiger partial charge in [0.2, 0.25) is 0 Å². The van der Waals surface area contributed by atoms with Crippen molar-refractivity contribution >= 4 is 65.4 Å². The molecule has 0 unspecified atom stereocenters. The van der Waals surface area contributed by atoms with Crippen LogP contribution in [-0.4, -0.2) is 0 Å². The van der Waals surface area contributed by atoms with Crippen LogP contribution in [0.25, 0.3) is 65.4 Å². The van der Waals surface area contributed by atoms with Crippen molar-refractivity contribution in [2.75, 3.05) is 0 Å². The Bertz CT molecular complexity index is 1380. The molecule has 0 amide bonds. The van der Waals surface area contributed by atoms with Gasteiger partial charge in [0, 0.05) is 0 Å². The van der Waals surface area contributed by atoms with Crippen LogP contribution in [0.15, 0.2) is 48.5 Å². The van der Waals surface area contributed by atoms with Crippen LogP contribution in [-0.2, 0) is 0 Å². The Morgan fingerprint density at radius 2 is 0.571 bits per heavy atom. The highest BCUT2D eigenvalue weighted by molar-refractivity contribution is 6.38. The van der Waals surface area contributed by atoms with E-state index in [1.165, 1.54) is 87.6 Å². The maximum atomic E-state index is 2.36. The Balaban J connectivity index is 1.82. The summed E-state index contributed by atoms with van der Waals surface area (Å²) in [5.74, 6) is 0. The molecule has 2 aliphatic carbocycles. The molecule has 0 fully saturated rings. The van der Waals surface area contributed by atoms with E-state index in [1.807, 2.05) is 0 Å². The summed E-state index contributed by atoms with van der Waals surface area (Å²) in [6, 6.07) is 18.8. The van der Waals surface area contributed by atoms with Gasteiger partial charge in [0.1, 0.15) is 0 Å². The molecule has 28 heavy (non-hydrogen) atoms. The SMILES string of the molecule is CC1=C(C)c2ccc3c4ccc5c6c(ccc(c7ccc1c2c73)c64)C(C)=C5C. The third-order valence-electron chi connectivity index (χ3n) is 7.64. The highest BCUT2D eigenvalue weighted by atomic mass is 14.3. The predicted octanol–water partition coefficient (Wildman–Crippen LogP) is 8.27. The smallest absolute Gasteiger partial charge is 0.00141 e. The van der Waals surface area contributed by atoms with Crippen molar-refractivity contribution in [3.8, 4) is 0 Å². The molecule has 2 aliphatic rings. The van der Waals surface area contributed by atoms with E-state index in [9.17, 15) is 0 Å². The Morgan fingerprint density at radius 1 is 0.321 bits per heavy atom. The zero-order valence-corrected chi connectivity index (χ0v) is 16.6. The van der Waals surface area contributed by atoms with Crippen LogP contribution >= 0.6 is 0 Å². The minimum atomic E-state index is 1.40. The molecular formula is C28H20. The van der Waals surface area contributed by atoms with Crippen LogP contribution in [0.5, 0.6) is 0 Å². The number of allylic oxidation sites excluding steroid dienone is 4. The van der Waals surface area contributed by atoms with Crippen LogP contribution in [0.2, 0.25) is 0 Å². The molecule has 0 aromatic heterocycles. The topological polar surface area (TPSA) is 0 Å². The molecule has 0 spiro atoms. The average molecular weight is 356 g/mol. The highest BCUT2D eigenvalue weighted by Crippen LogP contribution is 2.51. The Morgan fingerprint density at radius 3 is 0.821 bits per heavy atom. The van der Waals surface area contributed by atoms with Gasteiger partial charge in [-0.1, -0.05) is 48.5 Å². The molecule has 0 saturated heterocycles. The first-order valence-electron chi connectivity index (χ1n) is 10.1. The molecule has 0 aliphatic heterocycles. The molecule has 5 aromatic carbocycles. The first-order valence-corrected chi connectivity index (χ1v) is 10.1. The lowest BCUT2D eigenvalue weighted by atomic mass is 9.86. The molecule has 0 heteroatoms. The summed E-state index contributed by atoms with van der Waals surface area (Å²) in [5, 5.41) is 11.4. The molecule has 0 nitrogen and oxygen atoms in total. The van der Waals surface area contributed by atoms with E-state index >= 15 is 0 Å². The minimum absolute atomic E-state index is 1.40. The largest absolute Gasteiger partial charge is 0.0534 e. The monoisotopic (exact) mass is 356 g/mol. The number of hydrogen-bond donors (Lipinski definition) is 0. The number of fused-ring (bicyclic) bond motifs is 2. The fourth-order valence-electron chi connectivity index (χ4n) is 5.95. The van der Waals surface area contributed by atoms with Gasteiger partial charge in [-0.15, -0.1) is 0 Å². The van der Waals surface area contributed by atoms with Crippen molar-refractivity contribution in [3.05, 3.63) is 70.8 Å². The highest BCUT2D eigenvalue weighted by Gasteiger charge is 2.26. The average Bonchev–Trinajstić information content (AvgIpc) is 3.12. The molecule has 0 heterocycles. The molecule has 0 N–H and O–H groups in total. The lowest BCUT2D eigenvalue weighted by Gasteiger charge is -2.17. The van der Waals surface area contributed by atoms with Gasteiger partial charge >= 0.3 is 0 Å². The molecular weight excluding hydrogens is 336 g/mol. The van der Waals surface area contributed by atoms with Crippen molar-refractivity contribution in [2.24, 2.45) is 0 Å². The first-order chi connectivity index (χ1) is 13.6. The van der Waals surface area contributed by atoms with E-state index in [1.54, 1.807) is 0 Å². The second kappa shape index (κ2) is 4.47. The summed E-state index contributed by atoms with van der Waals surface area (Å²) in [6.07, 6.45) is 0. The molecule has 132 valence electrons. The maximum absolute atomic E-state index is 2.36. The summed E-state index contributed by atoms with van der Waals surface area (Å²) in [5.41, 5.74) is 11.4. The minimum Gasteiger partial charge on any atom is -0.0534 e. The van der Waals surface area contributed by atoms with Gasteiger partial charge in [-0.2, -0.15) is 0 Å². The Labute approximate surface area is 164 Å². The summed E-state index contributed by atoms with van der Waals surface area (Å²) in [7, 11) is 0. The predicted molar refractivity (Wildman–Crippen MR) is 124 cm³/mol. The normalized spacial score (nSPS) is 15.6. The molecule has 7 rings (SSSR count). The third kappa shape index (κ3) is 1.39. The van der Waals surface area contributed by atoms with Gasteiger partial charge in [-0.3, -0.25) is 0 Å². The second-order valence-corrected chi connectivity index (χ2v) is 8.64. The van der Waals surface area contributed by atoms with Crippen LogP contribution in [0.3, 0.4) is 0 Å². The van der Waals surface area contributed by atoms with Gasteiger partial charge < -0.3 is 0 Å². The fourth-order valence-corrected chi connectivity index (χ4v) is 5.95. The maximum Gasteiger partial charge on any atom is -0.00141 e. The number of hydrogen-bond acceptors (Lipinski definition) is 0. The molecule has 0 atom stereocenters. The van der Waals surface area contributed by atoms with Crippen molar-refractivity contribution in [2.45, 2.75) is 27.7 Å². The van der Waals surface area contributed by atoms with Crippen LogP contribution in [0, 0.1) is 0 Å². The van der Waals surface area contributed by atoms with E-state index in [0.29, 0.717) is 0 Å². The van der Waals surface area contributed by atoms with E-state index < -0.39 is 0 Å². The molecule has 0 saturated carbocycles. The van der Waals surface area contributed by atoms with Crippen molar-refractivity contribution in [1.82, 2.24) is 0 Å². The third-order valence-corrected chi connectivity index (χ3v) is 7.64. The van der Waals surface area contributed by atoms with Crippen molar-refractivity contribution in [1.29, 1.82) is 0 Å². The van der Waals surface area contributed by atoms with Crippen molar-refractivity contribution in [3.63, 3.8) is 0 Å². The van der Waals surface area contributed by atoms with Crippen molar-refractivity contribution < 1.29 is 0 Å². The zero-order valence-electron chi connectivity index (χ0n) is 16.6. The van der Waals surface area contributed by atoms with E-state index in [4.69, 9.17) is 0 Å².